The number of anilines is 2. The SMILES string of the molecule is Cc1cc(F)ccc1NC(=O)[C@H](C)CS(=O)(=O)c1ccc2c(c1)NC(=O)CCS2. The average Bonchev–Trinajstić information content (AvgIpc) is 2.83. The second-order valence-electron chi connectivity index (χ2n) is 6.94. The van der Waals surface area contributed by atoms with Crippen molar-refractivity contribution in [2.24, 2.45) is 5.92 Å². The maximum absolute atomic E-state index is 13.2. The van der Waals surface area contributed by atoms with Gasteiger partial charge in [0.05, 0.1) is 16.3 Å². The summed E-state index contributed by atoms with van der Waals surface area (Å²) in [5.41, 5.74) is 1.45. The van der Waals surface area contributed by atoms with Crippen molar-refractivity contribution in [2.45, 2.75) is 30.1 Å². The molecule has 0 saturated heterocycles. The van der Waals surface area contributed by atoms with E-state index in [1.807, 2.05) is 0 Å². The summed E-state index contributed by atoms with van der Waals surface area (Å²) in [6, 6.07) is 8.57. The maximum atomic E-state index is 13.2. The summed E-state index contributed by atoms with van der Waals surface area (Å²) < 4.78 is 38.8. The molecule has 0 spiro atoms. The van der Waals surface area contributed by atoms with E-state index in [0.717, 1.165) is 4.90 Å². The molecule has 6 nitrogen and oxygen atoms in total. The van der Waals surface area contributed by atoms with E-state index < -0.39 is 27.5 Å². The topological polar surface area (TPSA) is 92.3 Å². The summed E-state index contributed by atoms with van der Waals surface area (Å²) in [4.78, 5) is 25.1. The Hall–Kier alpha value is -2.39. The van der Waals surface area contributed by atoms with E-state index in [-0.39, 0.29) is 16.6 Å². The van der Waals surface area contributed by atoms with E-state index >= 15 is 0 Å². The van der Waals surface area contributed by atoms with Gasteiger partial charge in [-0.2, -0.15) is 0 Å². The molecular formula is C20H21FN2O4S2. The Kier molecular flexibility index (Phi) is 6.28. The number of amides is 2. The fraction of sp³-hybridized carbons (Fsp3) is 0.300. The fourth-order valence-electron chi connectivity index (χ4n) is 2.92. The van der Waals surface area contributed by atoms with E-state index in [1.54, 1.807) is 13.0 Å². The van der Waals surface area contributed by atoms with Gasteiger partial charge in [-0.1, -0.05) is 6.92 Å². The van der Waals surface area contributed by atoms with Crippen LogP contribution in [0.3, 0.4) is 0 Å². The number of fused-ring (bicyclic) bond motifs is 1. The van der Waals surface area contributed by atoms with Crippen LogP contribution in [0.15, 0.2) is 46.2 Å². The zero-order valence-corrected chi connectivity index (χ0v) is 17.6. The molecule has 0 bridgehead atoms. The molecule has 3 rings (SSSR count). The van der Waals surface area contributed by atoms with Crippen LogP contribution in [0.4, 0.5) is 15.8 Å². The van der Waals surface area contributed by atoms with E-state index in [1.165, 1.54) is 49.0 Å². The summed E-state index contributed by atoms with van der Waals surface area (Å²) in [7, 11) is -3.76. The van der Waals surface area contributed by atoms with Crippen LogP contribution >= 0.6 is 11.8 Å². The molecule has 0 unspecified atom stereocenters. The fourth-order valence-corrected chi connectivity index (χ4v) is 5.43. The molecule has 2 aromatic rings. The summed E-state index contributed by atoms with van der Waals surface area (Å²) in [5, 5.41) is 5.37. The molecule has 2 amide bonds. The zero-order chi connectivity index (χ0) is 21.2. The first-order chi connectivity index (χ1) is 13.7. The van der Waals surface area contributed by atoms with Gasteiger partial charge in [-0.15, -0.1) is 11.8 Å². The van der Waals surface area contributed by atoms with Crippen LogP contribution in [0.2, 0.25) is 0 Å². The normalized spacial score (nSPS) is 15.1. The smallest absolute Gasteiger partial charge is 0.228 e. The predicted molar refractivity (Wildman–Crippen MR) is 111 cm³/mol. The van der Waals surface area contributed by atoms with Gasteiger partial charge in [0.1, 0.15) is 5.82 Å². The van der Waals surface area contributed by atoms with Crippen molar-refractivity contribution >= 4 is 44.8 Å². The van der Waals surface area contributed by atoms with Gasteiger partial charge in [-0.25, -0.2) is 12.8 Å². The van der Waals surface area contributed by atoms with Gasteiger partial charge in [0.2, 0.25) is 11.8 Å². The number of carbonyl (C=O) groups is 2. The van der Waals surface area contributed by atoms with E-state index in [2.05, 4.69) is 10.6 Å². The molecule has 9 heteroatoms. The average molecular weight is 437 g/mol. The van der Waals surface area contributed by atoms with Crippen molar-refractivity contribution in [1.29, 1.82) is 0 Å². The van der Waals surface area contributed by atoms with E-state index in [9.17, 15) is 22.4 Å². The molecule has 0 aromatic heterocycles. The molecule has 1 aliphatic rings. The maximum Gasteiger partial charge on any atom is 0.228 e. The second kappa shape index (κ2) is 8.54. The second-order valence-corrected chi connectivity index (χ2v) is 10.1. The summed E-state index contributed by atoms with van der Waals surface area (Å²) in [6.07, 6.45) is 0.363. The number of sulfone groups is 1. The Morgan fingerprint density at radius 3 is 2.76 bits per heavy atom. The van der Waals surface area contributed by atoms with Gasteiger partial charge in [0.25, 0.3) is 0 Å². The number of thioether (sulfide) groups is 1. The minimum absolute atomic E-state index is 0.0525. The highest BCUT2D eigenvalue weighted by Gasteiger charge is 2.25. The standard InChI is InChI=1S/C20H21FN2O4S2/c1-12-9-14(21)3-5-16(12)23-20(25)13(2)11-29(26,27)15-4-6-18-17(10-15)22-19(24)7-8-28-18/h3-6,9-10,13H,7-8,11H2,1-2H3,(H,22,24)(H,23,25)/t13-/m1/s1. The molecule has 2 aromatic carbocycles. The number of halogens is 1. The van der Waals surface area contributed by atoms with Crippen LogP contribution in [0, 0.1) is 18.7 Å². The van der Waals surface area contributed by atoms with Gasteiger partial charge in [-0.3, -0.25) is 9.59 Å². The van der Waals surface area contributed by atoms with Gasteiger partial charge in [0.15, 0.2) is 9.84 Å². The highest BCUT2D eigenvalue weighted by atomic mass is 32.2. The van der Waals surface area contributed by atoms with Crippen molar-refractivity contribution in [2.75, 3.05) is 22.1 Å². The Morgan fingerprint density at radius 2 is 2.03 bits per heavy atom. The van der Waals surface area contributed by atoms with Gasteiger partial charge in [-0.05, 0) is 48.9 Å². The lowest BCUT2D eigenvalue weighted by Gasteiger charge is -2.15. The minimum Gasteiger partial charge on any atom is -0.326 e. The molecule has 29 heavy (non-hydrogen) atoms. The largest absolute Gasteiger partial charge is 0.326 e. The molecule has 0 saturated carbocycles. The third-order valence-corrected chi connectivity index (χ3v) is 7.52. The molecule has 154 valence electrons. The lowest BCUT2D eigenvalue weighted by atomic mass is 10.1. The monoisotopic (exact) mass is 436 g/mol. The Labute approximate surface area is 173 Å². The third-order valence-electron chi connectivity index (χ3n) is 4.53. The van der Waals surface area contributed by atoms with Crippen molar-refractivity contribution in [3.8, 4) is 0 Å². The van der Waals surface area contributed by atoms with Crippen molar-refractivity contribution in [3.05, 3.63) is 47.8 Å². The van der Waals surface area contributed by atoms with E-state index in [0.29, 0.717) is 29.1 Å². The quantitative estimate of drug-likeness (QED) is 0.747. The van der Waals surface area contributed by atoms with Crippen molar-refractivity contribution < 1.29 is 22.4 Å². The predicted octanol–water partition coefficient (Wildman–Crippen LogP) is 3.62. The summed E-state index contributed by atoms with van der Waals surface area (Å²) in [6.45, 7) is 3.18. The molecule has 1 heterocycles. The number of rotatable bonds is 5. The number of nitrogens with one attached hydrogen (secondary N) is 2. The van der Waals surface area contributed by atoms with Crippen LogP contribution in [-0.4, -0.2) is 31.7 Å². The van der Waals surface area contributed by atoms with Crippen LogP contribution in [0.1, 0.15) is 18.9 Å². The number of benzene rings is 2. The van der Waals surface area contributed by atoms with Crippen LogP contribution in [-0.2, 0) is 19.4 Å². The molecule has 2 N–H and O–H groups in total. The Balaban J connectivity index is 1.74. The number of hydrogen-bond acceptors (Lipinski definition) is 5. The Bertz CT molecular complexity index is 1070. The number of hydrogen-bond donors (Lipinski definition) is 2. The van der Waals surface area contributed by atoms with Gasteiger partial charge in [0, 0.05) is 28.7 Å². The molecule has 0 aliphatic carbocycles. The van der Waals surface area contributed by atoms with E-state index in [4.69, 9.17) is 0 Å². The molecular weight excluding hydrogens is 415 g/mol. The van der Waals surface area contributed by atoms with Crippen molar-refractivity contribution in [1.82, 2.24) is 0 Å². The van der Waals surface area contributed by atoms with Crippen molar-refractivity contribution in [3.63, 3.8) is 0 Å². The molecule has 1 atom stereocenters. The van der Waals surface area contributed by atoms with Gasteiger partial charge < -0.3 is 10.6 Å². The zero-order valence-electron chi connectivity index (χ0n) is 16.0. The Morgan fingerprint density at radius 1 is 1.28 bits per heavy atom. The molecule has 1 aliphatic heterocycles. The highest BCUT2D eigenvalue weighted by Crippen LogP contribution is 2.33. The van der Waals surface area contributed by atoms with Gasteiger partial charge >= 0.3 is 0 Å². The third kappa shape index (κ3) is 5.16. The lowest BCUT2D eigenvalue weighted by Crippen LogP contribution is -2.27. The summed E-state index contributed by atoms with van der Waals surface area (Å²) in [5.74, 6) is -1.63. The first-order valence-corrected chi connectivity index (χ1v) is 11.7. The van der Waals surface area contributed by atoms with Crippen LogP contribution < -0.4 is 10.6 Å². The first kappa shape index (κ1) is 21.3. The van der Waals surface area contributed by atoms with Crippen LogP contribution in [0.5, 0.6) is 0 Å². The highest BCUT2D eigenvalue weighted by molar-refractivity contribution is 7.99. The minimum atomic E-state index is -3.76. The van der Waals surface area contributed by atoms with Crippen LogP contribution in [0.25, 0.3) is 0 Å². The summed E-state index contributed by atoms with van der Waals surface area (Å²) >= 11 is 1.49. The number of carbonyl (C=O) groups excluding carboxylic acids is 2. The molecule has 0 radical (unpaired) electrons. The number of aryl methyl sites for hydroxylation is 1. The first-order valence-electron chi connectivity index (χ1n) is 9.02. The lowest BCUT2D eigenvalue weighted by molar-refractivity contribution is -0.119. The molecule has 0 fully saturated rings.